The van der Waals surface area contributed by atoms with Gasteiger partial charge in [0.2, 0.25) is 0 Å². The summed E-state index contributed by atoms with van der Waals surface area (Å²) in [6.07, 6.45) is 0. The molecule has 7 nitrogen and oxygen atoms in total. The Bertz CT molecular complexity index is 305. The lowest BCUT2D eigenvalue weighted by molar-refractivity contribution is -0.137. The van der Waals surface area contributed by atoms with Crippen LogP contribution < -0.4 is 0 Å². The van der Waals surface area contributed by atoms with Crippen LogP contribution >= 0.6 is 18.2 Å². The molecule has 0 spiro atoms. The predicted molar refractivity (Wildman–Crippen MR) is 73.8 cm³/mol. The summed E-state index contributed by atoms with van der Waals surface area (Å²) in [7, 11) is 4.08. The maximum atomic E-state index is 12.1. The van der Waals surface area contributed by atoms with E-state index in [4.69, 9.17) is 20.5 Å². The van der Waals surface area contributed by atoms with Gasteiger partial charge in [0.15, 0.2) is 0 Å². The fraction of sp³-hybridized carbons (Fsp3) is 1.00. The largest absolute Gasteiger partial charge is 0.457 e. The Balaban J connectivity index is 1.76. The van der Waals surface area contributed by atoms with E-state index >= 15 is 0 Å². The molecule has 0 radical (unpaired) electrons. The van der Waals surface area contributed by atoms with Gasteiger partial charge in [-0.05, 0) is 14.1 Å². The normalized spacial score (nSPS) is 25.8. The van der Waals surface area contributed by atoms with Crippen molar-refractivity contribution in [2.75, 3.05) is 66.5 Å². The zero-order valence-electron chi connectivity index (χ0n) is 11.5. The lowest BCUT2D eigenvalue weighted by Gasteiger charge is -2.34. The van der Waals surface area contributed by atoms with Gasteiger partial charge in [0.25, 0.3) is 0 Å². The van der Waals surface area contributed by atoms with Crippen LogP contribution in [0.15, 0.2) is 0 Å². The molecule has 0 atom stereocenters. The van der Waals surface area contributed by atoms with Crippen LogP contribution in [-0.2, 0) is 13.8 Å². The van der Waals surface area contributed by atoms with Crippen LogP contribution in [-0.4, -0.2) is 86.4 Å². The molecule has 2 fully saturated rings. The second-order valence-corrected chi connectivity index (χ2v) is 7.49. The summed E-state index contributed by atoms with van der Waals surface area (Å²) in [5.41, 5.74) is 0. The van der Waals surface area contributed by atoms with Gasteiger partial charge in [0.05, 0.1) is 0 Å². The van der Waals surface area contributed by atoms with Crippen LogP contribution in [0, 0.1) is 0 Å². The first kappa shape index (κ1) is 15.7. The Labute approximate surface area is 119 Å². The van der Waals surface area contributed by atoms with E-state index in [1.54, 1.807) is 10.1 Å². The molecule has 0 amide bonds. The Hall–Kier alpha value is 0.280. The summed E-state index contributed by atoms with van der Waals surface area (Å²) in [6.45, 7) is 2.60. The first-order chi connectivity index (χ1) is 8.94. The van der Waals surface area contributed by atoms with Crippen molar-refractivity contribution in [2.45, 2.75) is 0 Å². The van der Waals surface area contributed by atoms with E-state index in [1.165, 1.54) is 0 Å². The Morgan fingerprint density at radius 3 is 1.42 bits per heavy atom. The number of likely N-dealkylation sites (N-methyl/N-ethyl adjacent to an activating group) is 2. The standard InChI is InChI=1S/C10H22ClN4O3P/c1-12-3-7-14(8-4-12)17-19(11,16)18-15-9-5-13(2)6-10-15/h3-10H2,1-2H3. The van der Waals surface area contributed by atoms with Crippen LogP contribution in [0.4, 0.5) is 0 Å². The fourth-order valence-corrected chi connectivity index (χ4v) is 3.46. The van der Waals surface area contributed by atoms with Gasteiger partial charge in [-0.1, -0.05) is 0 Å². The highest BCUT2D eigenvalue weighted by molar-refractivity contribution is 7.81. The van der Waals surface area contributed by atoms with Crippen molar-refractivity contribution in [2.24, 2.45) is 0 Å². The third-order valence-electron chi connectivity index (χ3n) is 3.35. The lowest BCUT2D eigenvalue weighted by Crippen LogP contribution is -2.45. The number of hydroxylamine groups is 4. The molecule has 2 heterocycles. The number of hydrogen-bond donors (Lipinski definition) is 0. The van der Waals surface area contributed by atoms with Crippen LogP contribution in [0.3, 0.4) is 0 Å². The van der Waals surface area contributed by atoms with Gasteiger partial charge in [-0.25, -0.2) is 13.8 Å². The number of halogens is 1. The molecule has 9 heteroatoms. The second kappa shape index (κ2) is 6.83. The molecule has 0 unspecified atom stereocenters. The van der Waals surface area contributed by atoms with E-state index in [-0.39, 0.29) is 0 Å². The summed E-state index contributed by atoms with van der Waals surface area (Å²) in [4.78, 5) is 4.36. The highest BCUT2D eigenvalue weighted by Gasteiger charge is 2.31. The molecule has 2 rings (SSSR count). The van der Waals surface area contributed by atoms with Gasteiger partial charge in [-0.2, -0.15) is 10.1 Å². The average Bonchev–Trinajstić information content (AvgIpc) is 2.34. The number of hydrogen-bond acceptors (Lipinski definition) is 7. The van der Waals surface area contributed by atoms with E-state index in [1.807, 2.05) is 14.1 Å². The lowest BCUT2D eigenvalue weighted by atomic mass is 10.4. The van der Waals surface area contributed by atoms with Crippen LogP contribution in [0.1, 0.15) is 0 Å². The number of rotatable bonds is 4. The van der Waals surface area contributed by atoms with E-state index < -0.39 is 6.95 Å². The molecule has 2 aliphatic heterocycles. The Morgan fingerprint density at radius 1 is 0.789 bits per heavy atom. The van der Waals surface area contributed by atoms with Crippen molar-refractivity contribution < 1.29 is 13.8 Å². The van der Waals surface area contributed by atoms with Gasteiger partial charge in [-0.3, -0.25) is 0 Å². The SMILES string of the molecule is CN1CCN(OP(=O)(Cl)ON2CCN(C)CC2)CC1. The van der Waals surface area contributed by atoms with Crippen LogP contribution in [0.2, 0.25) is 0 Å². The summed E-state index contributed by atoms with van der Waals surface area (Å²) < 4.78 is 22.7. The quantitative estimate of drug-likeness (QED) is 0.708. The summed E-state index contributed by atoms with van der Waals surface area (Å²) in [5.74, 6) is 0. The molecule has 0 bridgehead atoms. The molecule has 0 aliphatic carbocycles. The predicted octanol–water partition coefficient (Wildman–Crippen LogP) is 0.691. The maximum absolute atomic E-state index is 12.1. The summed E-state index contributed by atoms with van der Waals surface area (Å²) in [6, 6.07) is 0. The van der Waals surface area contributed by atoms with Gasteiger partial charge in [-0.15, -0.1) is 0 Å². The van der Waals surface area contributed by atoms with E-state index in [9.17, 15) is 4.57 Å². The Morgan fingerprint density at radius 2 is 1.11 bits per heavy atom. The van der Waals surface area contributed by atoms with Crippen LogP contribution in [0.5, 0.6) is 0 Å². The smallest absolute Gasteiger partial charge is 0.304 e. The van der Waals surface area contributed by atoms with E-state index in [2.05, 4.69) is 9.80 Å². The van der Waals surface area contributed by atoms with Crippen LogP contribution in [0.25, 0.3) is 0 Å². The molecule has 0 saturated carbocycles. The minimum absolute atomic E-state index is 0.680. The molecule has 112 valence electrons. The first-order valence-corrected chi connectivity index (χ1v) is 8.95. The van der Waals surface area contributed by atoms with Crippen molar-refractivity contribution in [1.29, 1.82) is 0 Å². The van der Waals surface area contributed by atoms with Crippen molar-refractivity contribution in [1.82, 2.24) is 19.9 Å². The molecular formula is C10H22ClN4O3P. The average molecular weight is 313 g/mol. The topological polar surface area (TPSA) is 48.5 Å². The van der Waals surface area contributed by atoms with Gasteiger partial charge in [0, 0.05) is 63.6 Å². The van der Waals surface area contributed by atoms with Crippen molar-refractivity contribution in [3.63, 3.8) is 0 Å². The zero-order chi connectivity index (χ0) is 13.9. The first-order valence-electron chi connectivity index (χ1n) is 6.51. The van der Waals surface area contributed by atoms with E-state index in [0.29, 0.717) is 26.2 Å². The molecule has 0 aromatic carbocycles. The molecule has 0 aromatic heterocycles. The monoisotopic (exact) mass is 312 g/mol. The molecule has 0 N–H and O–H groups in total. The molecule has 2 saturated heterocycles. The zero-order valence-corrected chi connectivity index (χ0v) is 13.1. The van der Waals surface area contributed by atoms with Crippen molar-refractivity contribution in [3.05, 3.63) is 0 Å². The third kappa shape index (κ3) is 5.28. The minimum Gasteiger partial charge on any atom is -0.304 e. The third-order valence-corrected chi connectivity index (χ3v) is 4.57. The van der Waals surface area contributed by atoms with Gasteiger partial charge < -0.3 is 9.80 Å². The number of nitrogens with zero attached hydrogens (tertiary/aromatic N) is 4. The molecule has 2 aliphatic rings. The van der Waals surface area contributed by atoms with Crippen molar-refractivity contribution in [3.8, 4) is 0 Å². The highest BCUT2D eigenvalue weighted by Crippen LogP contribution is 2.55. The van der Waals surface area contributed by atoms with Gasteiger partial charge >= 0.3 is 6.95 Å². The molecular weight excluding hydrogens is 291 g/mol. The fourth-order valence-electron chi connectivity index (χ4n) is 2.03. The minimum atomic E-state index is -3.58. The highest BCUT2D eigenvalue weighted by atomic mass is 35.7. The van der Waals surface area contributed by atoms with Gasteiger partial charge in [0.1, 0.15) is 0 Å². The summed E-state index contributed by atoms with van der Waals surface area (Å²) in [5, 5.41) is 3.26. The number of piperazine rings is 2. The molecule has 0 aromatic rings. The summed E-state index contributed by atoms with van der Waals surface area (Å²) >= 11 is 5.88. The maximum Gasteiger partial charge on any atom is 0.457 e. The molecule has 19 heavy (non-hydrogen) atoms. The second-order valence-electron chi connectivity index (χ2n) is 5.06. The van der Waals surface area contributed by atoms with Crippen molar-refractivity contribution >= 4 is 18.2 Å². The van der Waals surface area contributed by atoms with E-state index in [0.717, 1.165) is 26.2 Å². The Kier molecular flexibility index (Phi) is 5.63.